The number of thioether (sulfide) groups is 1. The van der Waals surface area contributed by atoms with Crippen molar-refractivity contribution in [3.8, 4) is 0 Å². The molecule has 2 nitrogen and oxygen atoms in total. The lowest BCUT2D eigenvalue weighted by atomic mass is 10.2. The summed E-state index contributed by atoms with van der Waals surface area (Å²) in [6.45, 7) is 3.65. The molecule has 0 saturated carbocycles. The van der Waals surface area contributed by atoms with Crippen molar-refractivity contribution in [3.05, 3.63) is 0 Å². The van der Waals surface area contributed by atoms with Gasteiger partial charge >= 0.3 is 0 Å². The van der Waals surface area contributed by atoms with Gasteiger partial charge in [-0.1, -0.05) is 12.8 Å². The maximum absolute atomic E-state index is 6.09. The highest BCUT2D eigenvalue weighted by atomic mass is 32.2. The fourth-order valence-corrected chi connectivity index (χ4v) is 2.55. The van der Waals surface area contributed by atoms with Gasteiger partial charge in [0.25, 0.3) is 0 Å². The number of nitrogens with zero attached hydrogens (tertiary/aromatic N) is 1. The first-order valence-electron chi connectivity index (χ1n) is 5.80. The third-order valence-corrected chi connectivity index (χ3v) is 3.53. The third kappa shape index (κ3) is 5.23. The predicted octanol–water partition coefficient (Wildman–Crippen LogP) is 1.94. The van der Waals surface area contributed by atoms with Crippen molar-refractivity contribution in [2.24, 2.45) is 5.73 Å². The molecule has 0 radical (unpaired) electrons. The van der Waals surface area contributed by atoms with Gasteiger partial charge in [-0.25, -0.2) is 0 Å². The van der Waals surface area contributed by atoms with Gasteiger partial charge in [-0.15, -0.1) is 0 Å². The van der Waals surface area contributed by atoms with Crippen LogP contribution in [-0.2, 0) is 0 Å². The molecule has 0 aromatic heterocycles. The second kappa shape index (κ2) is 7.55. The molecule has 84 valence electrons. The van der Waals surface area contributed by atoms with E-state index in [1.54, 1.807) is 0 Å². The van der Waals surface area contributed by atoms with Crippen molar-refractivity contribution >= 4 is 11.8 Å². The number of rotatable bonds is 5. The van der Waals surface area contributed by atoms with Crippen LogP contribution in [0, 0.1) is 0 Å². The van der Waals surface area contributed by atoms with Crippen LogP contribution in [0.15, 0.2) is 0 Å². The molecule has 0 amide bonds. The van der Waals surface area contributed by atoms with E-state index in [1.165, 1.54) is 44.5 Å². The summed E-state index contributed by atoms with van der Waals surface area (Å²) in [6, 6.07) is 0.389. The molecule has 2 N–H and O–H groups in total. The summed E-state index contributed by atoms with van der Waals surface area (Å²) in [7, 11) is 0. The minimum absolute atomic E-state index is 0.389. The van der Waals surface area contributed by atoms with Crippen molar-refractivity contribution < 1.29 is 0 Å². The summed E-state index contributed by atoms with van der Waals surface area (Å²) in [5, 5.41) is 0. The summed E-state index contributed by atoms with van der Waals surface area (Å²) in [4.78, 5) is 2.55. The molecule has 3 heteroatoms. The van der Waals surface area contributed by atoms with Crippen LogP contribution >= 0.6 is 11.8 Å². The first-order chi connectivity index (χ1) is 6.83. The Morgan fingerprint density at radius 3 is 2.43 bits per heavy atom. The van der Waals surface area contributed by atoms with Gasteiger partial charge in [0.05, 0.1) is 0 Å². The number of nitrogens with two attached hydrogens (primary N) is 1. The molecular weight excluding hydrogens is 192 g/mol. The summed E-state index contributed by atoms with van der Waals surface area (Å²) in [5.41, 5.74) is 6.09. The van der Waals surface area contributed by atoms with E-state index < -0.39 is 0 Å². The van der Waals surface area contributed by atoms with E-state index >= 15 is 0 Å². The van der Waals surface area contributed by atoms with Crippen LogP contribution in [0.25, 0.3) is 0 Å². The lowest BCUT2D eigenvalue weighted by Gasteiger charge is -2.23. The fourth-order valence-electron chi connectivity index (χ4n) is 2.01. The van der Waals surface area contributed by atoms with Gasteiger partial charge in [0.1, 0.15) is 0 Å². The SMILES string of the molecule is CSCC[C@@H](N)CN1CCCCCC1. The first kappa shape index (κ1) is 12.3. The van der Waals surface area contributed by atoms with Crippen LogP contribution in [0.3, 0.4) is 0 Å². The van der Waals surface area contributed by atoms with Crippen LogP contribution in [-0.4, -0.2) is 42.6 Å². The Kier molecular flexibility index (Phi) is 6.65. The van der Waals surface area contributed by atoms with Gasteiger partial charge in [0.15, 0.2) is 0 Å². The van der Waals surface area contributed by atoms with Crippen LogP contribution in [0.2, 0.25) is 0 Å². The lowest BCUT2D eigenvalue weighted by Crippen LogP contribution is -2.38. The minimum Gasteiger partial charge on any atom is -0.327 e. The van der Waals surface area contributed by atoms with Crippen LogP contribution in [0.5, 0.6) is 0 Å². The highest BCUT2D eigenvalue weighted by molar-refractivity contribution is 7.98. The molecule has 0 unspecified atom stereocenters. The maximum Gasteiger partial charge on any atom is 0.0175 e. The van der Waals surface area contributed by atoms with E-state index in [-0.39, 0.29) is 0 Å². The van der Waals surface area contributed by atoms with E-state index in [0.29, 0.717) is 6.04 Å². The predicted molar refractivity (Wildman–Crippen MR) is 65.9 cm³/mol. The highest BCUT2D eigenvalue weighted by Crippen LogP contribution is 2.10. The molecule has 0 bridgehead atoms. The number of likely N-dealkylation sites (tertiary alicyclic amines) is 1. The quantitative estimate of drug-likeness (QED) is 0.761. The molecule has 1 aliphatic rings. The number of hydrogen-bond acceptors (Lipinski definition) is 3. The smallest absolute Gasteiger partial charge is 0.0175 e. The largest absolute Gasteiger partial charge is 0.327 e. The Hall–Kier alpha value is 0.270. The van der Waals surface area contributed by atoms with Crippen molar-refractivity contribution in [3.63, 3.8) is 0 Å². The van der Waals surface area contributed by atoms with Gasteiger partial charge < -0.3 is 10.6 Å². The molecular formula is C11H24N2S. The molecule has 0 aliphatic carbocycles. The number of hydrogen-bond donors (Lipinski definition) is 1. The Morgan fingerprint density at radius 1 is 1.21 bits per heavy atom. The van der Waals surface area contributed by atoms with Gasteiger partial charge in [-0.2, -0.15) is 11.8 Å². The maximum atomic E-state index is 6.09. The van der Waals surface area contributed by atoms with Crippen molar-refractivity contribution in [1.29, 1.82) is 0 Å². The topological polar surface area (TPSA) is 29.3 Å². The Balaban J connectivity index is 2.13. The molecule has 1 saturated heterocycles. The van der Waals surface area contributed by atoms with E-state index in [9.17, 15) is 0 Å². The second-order valence-corrected chi connectivity index (χ2v) is 5.24. The van der Waals surface area contributed by atoms with E-state index in [4.69, 9.17) is 5.73 Å². The average molecular weight is 216 g/mol. The third-order valence-electron chi connectivity index (χ3n) is 2.88. The molecule has 0 aromatic rings. The van der Waals surface area contributed by atoms with Crippen molar-refractivity contribution in [1.82, 2.24) is 4.90 Å². The zero-order chi connectivity index (χ0) is 10.2. The molecule has 14 heavy (non-hydrogen) atoms. The summed E-state index contributed by atoms with van der Waals surface area (Å²) < 4.78 is 0. The van der Waals surface area contributed by atoms with Crippen molar-refractivity contribution in [2.75, 3.05) is 31.6 Å². The van der Waals surface area contributed by atoms with Crippen molar-refractivity contribution in [2.45, 2.75) is 38.1 Å². The second-order valence-electron chi connectivity index (χ2n) is 4.26. The van der Waals surface area contributed by atoms with Gasteiger partial charge in [0.2, 0.25) is 0 Å². The monoisotopic (exact) mass is 216 g/mol. The minimum atomic E-state index is 0.389. The van der Waals surface area contributed by atoms with Gasteiger partial charge in [-0.3, -0.25) is 0 Å². The first-order valence-corrected chi connectivity index (χ1v) is 7.19. The standard InChI is InChI=1S/C11H24N2S/c1-14-9-6-11(12)10-13-7-4-2-3-5-8-13/h11H,2-10,12H2,1H3/t11-/m1/s1. The molecule has 1 heterocycles. The summed E-state index contributed by atoms with van der Waals surface area (Å²) in [5.74, 6) is 1.20. The molecule has 0 spiro atoms. The van der Waals surface area contributed by atoms with Gasteiger partial charge in [0, 0.05) is 12.6 Å². The molecule has 1 aliphatic heterocycles. The van der Waals surface area contributed by atoms with Gasteiger partial charge in [-0.05, 0) is 44.4 Å². The zero-order valence-corrected chi connectivity index (χ0v) is 10.2. The fraction of sp³-hybridized carbons (Fsp3) is 1.00. The van der Waals surface area contributed by atoms with E-state index in [1.807, 2.05) is 11.8 Å². The highest BCUT2D eigenvalue weighted by Gasteiger charge is 2.12. The van der Waals surface area contributed by atoms with E-state index in [0.717, 1.165) is 13.0 Å². The van der Waals surface area contributed by atoms with Crippen LogP contribution in [0.4, 0.5) is 0 Å². The molecule has 1 rings (SSSR count). The average Bonchev–Trinajstić information content (AvgIpc) is 2.43. The molecule has 0 aromatic carbocycles. The Bertz CT molecular complexity index is 133. The Labute approximate surface area is 92.6 Å². The molecule has 1 atom stereocenters. The van der Waals surface area contributed by atoms with Crippen LogP contribution < -0.4 is 5.73 Å². The van der Waals surface area contributed by atoms with E-state index in [2.05, 4.69) is 11.2 Å². The normalized spacial score (nSPS) is 21.9. The summed E-state index contributed by atoms with van der Waals surface area (Å²) in [6.07, 6.45) is 8.88. The lowest BCUT2D eigenvalue weighted by molar-refractivity contribution is 0.265. The molecule has 1 fully saturated rings. The van der Waals surface area contributed by atoms with Crippen LogP contribution in [0.1, 0.15) is 32.1 Å². The Morgan fingerprint density at radius 2 is 1.86 bits per heavy atom. The summed E-state index contributed by atoms with van der Waals surface area (Å²) >= 11 is 1.90. The zero-order valence-electron chi connectivity index (χ0n) is 9.37.